The second kappa shape index (κ2) is 31.9. The zero-order valence-electron chi connectivity index (χ0n) is 66.9. The van der Waals surface area contributed by atoms with Crippen LogP contribution in [0.15, 0.2) is 228 Å². The van der Waals surface area contributed by atoms with Crippen molar-refractivity contribution in [3.8, 4) is 68.2 Å². The van der Waals surface area contributed by atoms with Crippen molar-refractivity contribution < 1.29 is 38.1 Å². The lowest BCUT2D eigenvalue weighted by atomic mass is 10.0. The molecular weight excluding hydrogens is 1590 g/mol. The van der Waals surface area contributed by atoms with Gasteiger partial charge in [-0.05, 0) is 243 Å². The average Bonchev–Trinajstić information content (AvgIpc) is 0.977. The number of ether oxygens (including phenoxy) is 4. The molecule has 0 fully saturated rings. The summed E-state index contributed by atoms with van der Waals surface area (Å²) in [4.78, 5) is 118. The van der Waals surface area contributed by atoms with E-state index in [1.807, 2.05) is 218 Å². The van der Waals surface area contributed by atoms with Crippen LogP contribution in [0.4, 0.5) is 0 Å². The summed E-state index contributed by atoms with van der Waals surface area (Å²) in [6.07, 6.45) is 15.7. The minimum atomic E-state index is -0.421. The molecule has 124 heavy (non-hydrogen) atoms. The highest BCUT2D eigenvalue weighted by molar-refractivity contribution is 7.20. The number of esters is 4. The Morgan fingerprint density at radius 2 is 0.621 bits per heavy atom. The van der Waals surface area contributed by atoms with Crippen LogP contribution in [0.5, 0.6) is 0 Å². The second-order valence-electron chi connectivity index (χ2n) is 29.6. The number of H-pyrrole nitrogens is 4. The maximum Gasteiger partial charge on any atom is 0.338 e. The highest BCUT2D eigenvalue weighted by Crippen LogP contribution is 2.40. The van der Waals surface area contributed by atoms with E-state index in [2.05, 4.69) is 43.6 Å². The molecule has 0 saturated heterocycles. The summed E-state index contributed by atoms with van der Waals surface area (Å²) in [7, 11) is 0. The van der Waals surface area contributed by atoms with Crippen molar-refractivity contribution in [2.75, 3.05) is 26.4 Å². The molecule has 20 heteroatoms. The fourth-order valence-corrected chi connectivity index (χ4v) is 18.7. The van der Waals surface area contributed by atoms with Crippen LogP contribution in [-0.4, -0.2) is 90.2 Å². The quantitative estimate of drug-likeness (QED) is 0.0504. The Hall–Kier alpha value is -16.0. The Labute approximate surface area is 714 Å². The monoisotopic (exact) mass is 1650 g/mol. The summed E-state index contributed by atoms with van der Waals surface area (Å²) in [5.41, 5.74) is 20.9. The highest BCUT2D eigenvalue weighted by atomic mass is 32.1. The van der Waals surface area contributed by atoms with E-state index in [4.69, 9.17) is 38.9 Å². The Bertz CT molecular complexity index is 7580. The van der Waals surface area contributed by atoms with Crippen LogP contribution in [0.2, 0.25) is 0 Å². The van der Waals surface area contributed by atoms with Gasteiger partial charge in [0.15, 0.2) is 0 Å². The SMILES string of the molecule is CCOC(=O)c1ccc(-c2c3nc(c(C#Cc4ccc5s/c(=c6/sc7ccc(C#Cc8c9nc(c(-c%10ccc(C(=O)OCC)cc%10)c%10ccc(cc%11nc(c(-c%12ccc(C(=O)OCC)cc%12)c%12ccc8[nH]%12)C=C%11)[nH]%10)C=C9)c8cccc(c6=O)c78)c(=O)c6cccc4c56)c4ccc([nH]4)c(-c4ccc(C(=O)OCC)cc4)c4nc(cc5ccc2[nH]5)C=C4)C=C3)cc1. The van der Waals surface area contributed by atoms with Gasteiger partial charge < -0.3 is 38.9 Å². The lowest BCUT2D eigenvalue weighted by Gasteiger charge is -2.08. The first-order valence-corrected chi connectivity index (χ1v) is 42.0. The van der Waals surface area contributed by atoms with E-state index < -0.39 is 23.9 Å². The fourth-order valence-electron chi connectivity index (χ4n) is 16.3. The number of aromatic amines is 4. The molecule has 4 aliphatic heterocycles. The van der Waals surface area contributed by atoms with Crippen molar-refractivity contribution >= 4 is 181 Å². The minimum absolute atomic E-state index is 0.241. The molecule has 20 rings (SSSR count). The summed E-state index contributed by atoms with van der Waals surface area (Å²) in [6, 6.07) is 68.1. The highest BCUT2D eigenvalue weighted by Gasteiger charge is 2.23. The standard InChI is InChI=1S/C104H68N8O10S2/c1-5-119-101(115)63-23-15-59(16-24-63)91-81-41-35-67(105-81)55-68-36-42-82(106-68)92(60-17-25-64(26-18-60)102(116)120-6-2)86-50-46-78(110-86)73(77-45-49-85(91)109-77)39-31-57-33-53-89-95-71(57)11-9-13-75(95)97(113)99(123-89)100-98(114)76-14-10-12-72-58(34-54-90(124-100)96(72)76)32-40-74-79-47-51-87(111-79)93(61-19-27-65(28-20-61)103(117)121-7-3)83-43-37-69(107-83)56-70-38-44-84(108-70)94(88-52-48-80(74)112-88)62-21-29-66(30-22-62)104(118)122-8-4/h9-30,33-38,41-56,105,107,110,112H,5-8H2,1-4H3/b67-55?,68-55?,69-56?,70-56?,77-73?,78-73?,79-74?,80-74?,91-81?,91-85?,92-82?,92-86?,93-83?,93-87?,94-84?,94-88?,100-99+. The van der Waals surface area contributed by atoms with Crippen LogP contribution >= 0.6 is 22.7 Å². The van der Waals surface area contributed by atoms with E-state index in [1.54, 1.807) is 76.2 Å². The number of benzene rings is 8. The lowest BCUT2D eigenvalue weighted by Crippen LogP contribution is -2.08. The normalized spacial score (nSPS) is 12.2. The van der Waals surface area contributed by atoms with Gasteiger partial charge in [0.05, 0.1) is 125 Å². The summed E-state index contributed by atoms with van der Waals surface area (Å²) in [6.45, 7) is 8.06. The van der Waals surface area contributed by atoms with Crippen LogP contribution in [0.25, 0.3) is 179 Å². The molecule has 0 unspecified atom stereocenters. The van der Waals surface area contributed by atoms with Gasteiger partial charge in [-0.25, -0.2) is 39.1 Å². The Kier molecular flexibility index (Phi) is 19.7. The molecule has 16 bridgehead atoms. The molecule has 0 radical (unpaired) electrons. The van der Waals surface area contributed by atoms with Gasteiger partial charge in [-0.3, -0.25) is 9.59 Å². The fraction of sp³-hybridized carbons (Fsp3) is 0.0769. The summed E-state index contributed by atoms with van der Waals surface area (Å²) < 4.78 is 23.6. The van der Waals surface area contributed by atoms with Crippen LogP contribution in [0, 0.1) is 32.7 Å². The number of carbonyl (C=O) groups is 4. The maximum absolute atomic E-state index is 15.5. The zero-order valence-corrected chi connectivity index (χ0v) is 68.6. The van der Waals surface area contributed by atoms with Gasteiger partial charge in [-0.15, -0.1) is 22.7 Å². The topological polar surface area (TPSA) is 254 Å². The molecule has 4 N–H and O–H groups in total. The van der Waals surface area contributed by atoms with E-state index >= 15 is 9.59 Å². The van der Waals surface area contributed by atoms with Gasteiger partial charge in [-0.1, -0.05) is 109 Å². The van der Waals surface area contributed by atoms with Crippen molar-refractivity contribution in [1.29, 1.82) is 0 Å². The van der Waals surface area contributed by atoms with Crippen molar-refractivity contribution in [1.82, 2.24) is 39.9 Å². The number of nitrogens with zero attached hydrogens (tertiary/aromatic N) is 4. The molecule has 8 aromatic heterocycles. The van der Waals surface area contributed by atoms with E-state index in [9.17, 15) is 19.2 Å². The second-order valence-corrected chi connectivity index (χ2v) is 31.7. The van der Waals surface area contributed by atoms with Gasteiger partial charge in [0.2, 0.25) is 10.9 Å². The van der Waals surface area contributed by atoms with Gasteiger partial charge >= 0.3 is 23.9 Å². The number of aromatic nitrogens is 8. The van der Waals surface area contributed by atoms with Gasteiger partial charge in [0.25, 0.3) is 0 Å². The van der Waals surface area contributed by atoms with Crippen molar-refractivity contribution in [3.63, 3.8) is 0 Å². The van der Waals surface area contributed by atoms with Crippen LogP contribution in [0.3, 0.4) is 0 Å². The van der Waals surface area contributed by atoms with Crippen LogP contribution < -0.4 is 10.9 Å². The first-order valence-electron chi connectivity index (χ1n) is 40.4. The maximum atomic E-state index is 15.5. The lowest BCUT2D eigenvalue weighted by molar-refractivity contribution is 0.0517. The predicted octanol–water partition coefficient (Wildman–Crippen LogP) is 22.0. The van der Waals surface area contributed by atoms with Gasteiger partial charge in [0, 0.05) is 97.4 Å². The van der Waals surface area contributed by atoms with E-state index in [-0.39, 0.29) is 37.3 Å². The van der Waals surface area contributed by atoms with Crippen LogP contribution in [0.1, 0.15) is 137 Å². The van der Waals surface area contributed by atoms with E-state index in [0.717, 1.165) is 97.8 Å². The molecule has 0 amide bonds. The number of hydrogen-bond acceptors (Lipinski definition) is 16. The third-order valence-corrected chi connectivity index (χ3v) is 24.5. The molecule has 16 aromatic rings. The predicted molar refractivity (Wildman–Crippen MR) is 495 cm³/mol. The molecule has 596 valence electrons. The molecule has 18 nitrogen and oxygen atoms in total. The third-order valence-electron chi connectivity index (χ3n) is 22.1. The average molecular weight is 1650 g/mol. The molecular formula is C104H68N8O10S2. The number of rotatable bonds is 12. The summed E-state index contributed by atoms with van der Waals surface area (Å²) in [5.74, 6) is 12.6. The molecule has 0 spiro atoms. The number of fused-ring (bicyclic) bond motifs is 16. The number of nitrogens with one attached hydrogen (secondary N) is 4. The Morgan fingerprint density at radius 3 is 0.976 bits per heavy atom. The smallest absolute Gasteiger partial charge is 0.338 e. The van der Waals surface area contributed by atoms with E-state index in [0.29, 0.717) is 132 Å². The molecule has 12 heterocycles. The molecule has 8 aromatic carbocycles. The molecule has 0 atom stereocenters. The van der Waals surface area contributed by atoms with Crippen molar-refractivity contribution in [2.45, 2.75) is 27.7 Å². The minimum Gasteiger partial charge on any atom is -0.462 e. The number of hydrogen-bond donors (Lipinski definition) is 4. The molecule has 0 aliphatic carbocycles. The number of carbonyl (C=O) groups excluding carboxylic acids is 4. The van der Waals surface area contributed by atoms with Gasteiger partial charge in [0.1, 0.15) is 0 Å². The largest absolute Gasteiger partial charge is 0.462 e. The van der Waals surface area contributed by atoms with Crippen molar-refractivity contribution in [3.05, 3.63) is 338 Å². The van der Waals surface area contributed by atoms with Crippen LogP contribution in [-0.2, 0) is 18.9 Å². The van der Waals surface area contributed by atoms with Gasteiger partial charge in [-0.2, -0.15) is 0 Å². The first-order chi connectivity index (χ1) is 60.7. The third kappa shape index (κ3) is 14.1. The first kappa shape index (κ1) is 76.7. The van der Waals surface area contributed by atoms with Crippen molar-refractivity contribution in [2.24, 2.45) is 0 Å². The molecule has 4 aliphatic rings. The van der Waals surface area contributed by atoms with E-state index in [1.165, 1.54) is 22.7 Å². The molecule has 0 saturated carbocycles. The summed E-state index contributed by atoms with van der Waals surface area (Å²) >= 11 is 2.56. The summed E-state index contributed by atoms with van der Waals surface area (Å²) in [5, 5.41) is 3.80. The Balaban J connectivity index is 0.725. The zero-order chi connectivity index (χ0) is 84.4. The Morgan fingerprint density at radius 1 is 0.315 bits per heavy atom.